The topological polar surface area (TPSA) is 63.7 Å². The zero-order chi connectivity index (χ0) is 13.3. The summed E-state index contributed by atoms with van der Waals surface area (Å²) in [5.41, 5.74) is -0.607. The van der Waals surface area contributed by atoms with Crippen LogP contribution in [0.5, 0.6) is 0 Å². The van der Waals surface area contributed by atoms with E-state index >= 15 is 0 Å². The number of nitrogens with zero attached hydrogens (tertiary/aromatic N) is 1. The Morgan fingerprint density at radius 2 is 2.06 bits per heavy atom. The zero-order valence-electron chi connectivity index (χ0n) is 10.9. The standard InChI is InChI=1S/C11H21NO4S/c1-9-7-17(14,15)6-5-12(9)8-11(2,3)10(13)16-4/h9H,5-8H2,1-4H3. The van der Waals surface area contributed by atoms with E-state index < -0.39 is 15.3 Å². The van der Waals surface area contributed by atoms with E-state index in [-0.39, 0.29) is 23.5 Å². The molecule has 0 aromatic rings. The fourth-order valence-corrected chi connectivity index (χ4v) is 3.74. The summed E-state index contributed by atoms with van der Waals surface area (Å²) in [5.74, 6) is 0.0805. The van der Waals surface area contributed by atoms with Crippen LogP contribution in [0, 0.1) is 5.41 Å². The van der Waals surface area contributed by atoms with Crippen LogP contribution < -0.4 is 0 Å². The second-order valence-electron chi connectivity index (χ2n) is 5.31. The maximum atomic E-state index is 11.6. The third-order valence-corrected chi connectivity index (χ3v) is 4.94. The lowest BCUT2D eigenvalue weighted by Crippen LogP contribution is -2.51. The molecule has 1 aliphatic heterocycles. The first-order valence-corrected chi connectivity index (χ1v) is 7.53. The van der Waals surface area contributed by atoms with E-state index in [1.54, 1.807) is 0 Å². The predicted octanol–water partition coefficient (Wildman–Crippen LogP) is 0.305. The first-order chi connectivity index (χ1) is 7.68. The normalized spacial score (nSPS) is 25.5. The van der Waals surface area contributed by atoms with E-state index in [1.807, 2.05) is 25.7 Å². The van der Waals surface area contributed by atoms with Crippen LogP contribution in [0.25, 0.3) is 0 Å². The first kappa shape index (κ1) is 14.4. The number of ether oxygens (including phenoxy) is 1. The van der Waals surface area contributed by atoms with Crippen LogP contribution in [-0.4, -0.2) is 57.0 Å². The van der Waals surface area contributed by atoms with Crippen molar-refractivity contribution < 1.29 is 17.9 Å². The van der Waals surface area contributed by atoms with E-state index in [2.05, 4.69) is 0 Å². The lowest BCUT2D eigenvalue weighted by atomic mass is 9.92. The highest BCUT2D eigenvalue weighted by atomic mass is 32.2. The monoisotopic (exact) mass is 263 g/mol. The van der Waals surface area contributed by atoms with Gasteiger partial charge < -0.3 is 4.74 Å². The van der Waals surface area contributed by atoms with Crippen LogP contribution in [0.15, 0.2) is 0 Å². The molecule has 0 aromatic heterocycles. The van der Waals surface area contributed by atoms with Gasteiger partial charge >= 0.3 is 5.97 Å². The van der Waals surface area contributed by atoms with Crippen molar-refractivity contribution in [3.05, 3.63) is 0 Å². The molecule has 6 heteroatoms. The molecule has 1 atom stereocenters. The number of carbonyl (C=O) groups is 1. The molecule has 0 bridgehead atoms. The van der Waals surface area contributed by atoms with Gasteiger partial charge in [0, 0.05) is 19.1 Å². The minimum absolute atomic E-state index is 0.0438. The highest BCUT2D eigenvalue weighted by molar-refractivity contribution is 7.91. The fourth-order valence-electron chi connectivity index (χ4n) is 2.12. The molecule has 1 unspecified atom stereocenters. The molecule has 0 saturated carbocycles. The molecule has 5 nitrogen and oxygen atoms in total. The number of rotatable bonds is 3. The number of esters is 1. The molecule has 0 aliphatic carbocycles. The maximum Gasteiger partial charge on any atom is 0.312 e. The molecular formula is C11H21NO4S. The van der Waals surface area contributed by atoms with E-state index in [1.165, 1.54) is 7.11 Å². The van der Waals surface area contributed by atoms with Gasteiger partial charge in [-0.15, -0.1) is 0 Å². The summed E-state index contributed by atoms with van der Waals surface area (Å²) in [6.45, 7) is 6.52. The lowest BCUT2D eigenvalue weighted by Gasteiger charge is -2.37. The molecule has 0 radical (unpaired) electrons. The van der Waals surface area contributed by atoms with Gasteiger partial charge in [-0.1, -0.05) is 0 Å². The van der Waals surface area contributed by atoms with Gasteiger partial charge in [-0.2, -0.15) is 0 Å². The Balaban J connectivity index is 2.68. The summed E-state index contributed by atoms with van der Waals surface area (Å²) in [6.07, 6.45) is 0. The molecule has 0 spiro atoms. The van der Waals surface area contributed by atoms with E-state index in [9.17, 15) is 13.2 Å². The molecule has 1 saturated heterocycles. The molecule has 0 N–H and O–H groups in total. The van der Waals surface area contributed by atoms with Crippen LogP contribution in [0.1, 0.15) is 20.8 Å². The molecule has 1 heterocycles. The predicted molar refractivity (Wildman–Crippen MR) is 65.5 cm³/mol. The Morgan fingerprint density at radius 1 is 1.47 bits per heavy atom. The number of sulfone groups is 1. The Bertz CT molecular complexity index is 388. The Kier molecular flexibility index (Phi) is 4.19. The van der Waals surface area contributed by atoms with E-state index in [0.29, 0.717) is 13.1 Å². The highest BCUT2D eigenvalue weighted by Crippen LogP contribution is 2.22. The first-order valence-electron chi connectivity index (χ1n) is 5.71. The average molecular weight is 263 g/mol. The van der Waals surface area contributed by atoms with Crippen molar-refractivity contribution >= 4 is 15.8 Å². The van der Waals surface area contributed by atoms with Crippen molar-refractivity contribution in [1.29, 1.82) is 0 Å². The van der Waals surface area contributed by atoms with Gasteiger partial charge in [0.15, 0.2) is 9.84 Å². The van der Waals surface area contributed by atoms with Crippen LogP contribution in [0.2, 0.25) is 0 Å². The summed E-state index contributed by atoms with van der Waals surface area (Å²) >= 11 is 0. The molecule has 0 aromatic carbocycles. The SMILES string of the molecule is COC(=O)C(C)(C)CN1CCS(=O)(=O)CC1C. The van der Waals surface area contributed by atoms with Crippen molar-refractivity contribution in [3.8, 4) is 0 Å². The highest BCUT2D eigenvalue weighted by Gasteiger charge is 2.36. The molecule has 1 fully saturated rings. The third-order valence-electron chi connectivity index (χ3n) is 3.14. The average Bonchev–Trinajstić information content (AvgIpc) is 2.20. The summed E-state index contributed by atoms with van der Waals surface area (Å²) < 4.78 is 27.6. The maximum absolute atomic E-state index is 11.6. The fraction of sp³-hybridized carbons (Fsp3) is 0.909. The summed E-state index contributed by atoms with van der Waals surface area (Å²) in [5, 5.41) is 0. The smallest absolute Gasteiger partial charge is 0.312 e. The van der Waals surface area contributed by atoms with Crippen molar-refractivity contribution in [2.24, 2.45) is 5.41 Å². The molecule has 0 amide bonds. The Hall–Kier alpha value is -0.620. The molecule has 100 valence electrons. The largest absolute Gasteiger partial charge is 0.469 e. The molecule has 1 aliphatic rings. The number of carbonyl (C=O) groups excluding carboxylic acids is 1. The summed E-state index contributed by atoms with van der Waals surface area (Å²) in [7, 11) is -1.53. The summed E-state index contributed by atoms with van der Waals surface area (Å²) in [6, 6.07) is -0.0438. The van der Waals surface area contributed by atoms with Gasteiger partial charge in [0.05, 0.1) is 24.0 Å². The Morgan fingerprint density at radius 3 is 2.53 bits per heavy atom. The van der Waals surface area contributed by atoms with Gasteiger partial charge in [0.1, 0.15) is 0 Å². The Labute approximate surface area is 103 Å². The molecule has 17 heavy (non-hydrogen) atoms. The zero-order valence-corrected chi connectivity index (χ0v) is 11.7. The number of hydrogen-bond donors (Lipinski definition) is 0. The van der Waals surface area contributed by atoms with Crippen LogP contribution in [0.4, 0.5) is 0 Å². The van der Waals surface area contributed by atoms with Gasteiger partial charge in [0.2, 0.25) is 0 Å². The van der Waals surface area contributed by atoms with Crippen LogP contribution in [0.3, 0.4) is 0 Å². The molecular weight excluding hydrogens is 242 g/mol. The van der Waals surface area contributed by atoms with E-state index in [0.717, 1.165) is 0 Å². The minimum atomic E-state index is -2.90. The second-order valence-corrected chi connectivity index (χ2v) is 7.54. The third kappa shape index (κ3) is 3.67. The molecule has 1 rings (SSSR count). The van der Waals surface area contributed by atoms with Gasteiger partial charge in [-0.3, -0.25) is 9.69 Å². The lowest BCUT2D eigenvalue weighted by molar-refractivity contribution is -0.152. The number of hydrogen-bond acceptors (Lipinski definition) is 5. The van der Waals surface area contributed by atoms with Crippen molar-refractivity contribution in [3.63, 3.8) is 0 Å². The van der Waals surface area contributed by atoms with Crippen molar-refractivity contribution in [2.75, 3.05) is 31.7 Å². The van der Waals surface area contributed by atoms with Gasteiger partial charge in [0.25, 0.3) is 0 Å². The van der Waals surface area contributed by atoms with Crippen molar-refractivity contribution in [1.82, 2.24) is 4.90 Å². The van der Waals surface area contributed by atoms with Gasteiger partial charge in [-0.05, 0) is 20.8 Å². The van der Waals surface area contributed by atoms with Gasteiger partial charge in [-0.25, -0.2) is 8.42 Å². The number of methoxy groups -OCH3 is 1. The minimum Gasteiger partial charge on any atom is -0.469 e. The quantitative estimate of drug-likeness (QED) is 0.685. The van der Waals surface area contributed by atoms with Crippen molar-refractivity contribution in [2.45, 2.75) is 26.8 Å². The van der Waals surface area contributed by atoms with Crippen LogP contribution in [-0.2, 0) is 19.4 Å². The van der Waals surface area contributed by atoms with Crippen LogP contribution >= 0.6 is 0 Å². The second kappa shape index (κ2) is 4.94. The summed E-state index contributed by atoms with van der Waals surface area (Å²) in [4.78, 5) is 13.6. The van der Waals surface area contributed by atoms with E-state index in [4.69, 9.17) is 4.74 Å².